The molecule has 20 heavy (non-hydrogen) atoms. The SMILES string of the molecule is Cc1cc(NC(=O)Nc2cccc(S(=O)(=O)O)c2)no1. The molecule has 9 heteroatoms. The van der Waals surface area contributed by atoms with E-state index in [-0.39, 0.29) is 16.4 Å². The highest BCUT2D eigenvalue weighted by atomic mass is 32.2. The Hall–Kier alpha value is -2.39. The lowest BCUT2D eigenvalue weighted by Gasteiger charge is -2.06. The number of benzene rings is 1. The lowest BCUT2D eigenvalue weighted by Crippen LogP contribution is -2.19. The summed E-state index contributed by atoms with van der Waals surface area (Å²) in [7, 11) is -4.32. The topological polar surface area (TPSA) is 122 Å². The van der Waals surface area contributed by atoms with Gasteiger partial charge in [0.2, 0.25) is 0 Å². The quantitative estimate of drug-likeness (QED) is 0.743. The summed E-state index contributed by atoms with van der Waals surface area (Å²) in [6, 6.07) is 6.10. The number of anilines is 2. The van der Waals surface area contributed by atoms with E-state index in [2.05, 4.69) is 15.8 Å². The number of urea groups is 1. The zero-order valence-corrected chi connectivity index (χ0v) is 11.1. The van der Waals surface area contributed by atoms with Crippen LogP contribution in [0.15, 0.2) is 39.8 Å². The molecule has 2 amide bonds. The summed E-state index contributed by atoms with van der Waals surface area (Å²) in [4.78, 5) is 11.3. The number of aryl methyl sites for hydroxylation is 1. The van der Waals surface area contributed by atoms with Gasteiger partial charge >= 0.3 is 6.03 Å². The molecule has 0 saturated carbocycles. The predicted octanol–water partition coefficient (Wildman–Crippen LogP) is 1.87. The second-order valence-electron chi connectivity index (χ2n) is 3.90. The van der Waals surface area contributed by atoms with Crippen LogP contribution in [0.25, 0.3) is 0 Å². The highest BCUT2D eigenvalue weighted by Crippen LogP contribution is 2.15. The summed E-state index contributed by atoms with van der Waals surface area (Å²) < 4.78 is 35.6. The lowest BCUT2D eigenvalue weighted by molar-refractivity contribution is 0.262. The van der Waals surface area contributed by atoms with E-state index in [0.717, 1.165) is 6.07 Å². The Bertz CT molecular complexity index is 738. The fourth-order valence-corrected chi connectivity index (χ4v) is 1.96. The average Bonchev–Trinajstić information content (AvgIpc) is 2.73. The van der Waals surface area contributed by atoms with Crippen molar-refractivity contribution in [2.45, 2.75) is 11.8 Å². The zero-order chi connectivity index (χ0) is 14.8. The maximum atomic E-state index is 11.6. The number of carbonyl (C=O) groups is 1. The summed E-state index contributed by atoms with van der Waals surface area (Å²) in [6.07, 6.45) is 0. The Kier molecular flexibility index (Phi) is 3.72. The van der Waals surface area contributed by atoms with Gasteiger partial charge in [0.05, 0.1) is 4.90 Å². The molecule has 0 aliphatic rings. The van der Waals surface area contributed by atoms with Crippen LogP contribution >= 0.6 is 0 Å². The first-order valence-electron chi connectivity index (χ1n) is 5.43. The van der Waals surface area contributed by atoms with Gasteiger partial charge in [-0.05, 0) is 25.1 Å². The summed E-state index contributed by atoms with van der Waals surface area (Å²) in [5.74, 6) is 0.764. The monoisotopic (exact) mass is 297 g/mol. The Morgan fingerprint density at radius 1 is 1.30 bits per heavy atom. The van der Waals surface area contributed by atoms with Crippen LogP contribution in [0.3, 0.4) is 0 Å². The first-order valence-corrected chi connectivity index (χ1v) is 6.87. The van der Waals surface area contributed by atoms with Crippen LogP contribution in [0, 0.1) is 6.92 Å². The molecule has 106 valence electrons. The van der Waals surface area contributed by atoms with Gasteiger partial charge in [-0.3, -0.25) is 9.87 Å². The smallest absolute Gasteiger partial charge is 0.324 e. The van der Waals surface area contributed by atoms with E-state index in [1.807, 2.05) is 0 Å². The van der Waals surface area contributed by atoms with E-state index in [0.29, 0.717) is 5.76 Å². The molecule has 3 N–H and O–H groups in total. The maximum absolute atomic E-state index is 11.6. The third-order valence-electron chi connectivity index (χ3n) is 2.26. The zero-order valence-electron chi connectivity index (χ0n) is 10.3. The number of nitrogens with one attached hydrogen (secondary N) is 2. The second-order valence-corrected chi connectivity index (χ2v) is 5.33. The molecule has 0 radical (unpaired) electrons. The molecule has 1 aromatic heterocycles. The van der Waals surface area contributed by atoms with E-state index in [1.165, 1.54) is 24.3 Å². The third-order valence-corrected chi connectivity index (χ3v) is 3.11. The molecule has 0 atom stereocenters. The molecule has 1 heterocycles. The van der Waals surface area contributed by atoms with Gasteiger partial charge in [-0.15, -0.1) is 0 Å². The maximum Gasteiger partial charge on any atom is 0.324 e. The molecule has 2 aromatic rings. The number of aromatic nitrogens is 1. The van der Waals surface area contributed by atoms with E-state index >= 15 is 0 Å². The Balaban J connectivity index is 2.08. The van der Waals surface area contributed by atoms with Crippen LogP contribution in [-0.2, 0) is 10.1 Å². The van der Waals surface area contributed by atoms with Crippen molar-refractivity contribution in [3.8, 4) is 0 Å². The third kappa shape index (κ3) is 3.56. The van der Waals surface area contributed by atoms with Crippen molar-refractivity contribution >= 4 is 27.7 Å². The van der Waals surface area contributed by atoms with Crippen molar-refractivity contribution in [2.75, 3.05) is 10.6 Å². The van der Waals surface area contributed by atoms with Crippen LogP contribution in [0.4, 0.5) is 16.3 Å². The Labute approximate surface area is 114 Å². The van der Waals surface area contributed by atoms with Gasteiger partial charge in [-0.2, -0.15) is 8.42 Å². The minimum atomic E-state index is -4.32. The van der Waals surface area contributed by atoms with Gasteiger partial charge in [0.1, 0.15) is 5.76 Å². The molecule has 0 bridgehead atoms. The lowest BCUT2D eigenvalue weighted by atomic mass is 10.3. The van der Waals surface area contributed by atoms with Gasteiger partial charge in [0.25, 0.3) is 10.1 Å². The van der Waals surface area contributed by atoms with Crippen molar-refractivity contribution < 1.29 is 22.3 Å². The number of rotatable bonds is 3. The van der Waals surface area contributed by atoms with Crippen molar-refractivity contribution in [1.29, 1.82) is 0 Å². The van der Waals surface area contributed by atoms with Gasteiger partial charge in [0, 0.05) is 11.8 Å². The first-order chi connectivity index (χ1) is 9.34. The average molecular weight is 297 g/mol. The van der Waals surface area contributed by atoms with E-state index < -0.39 is 16.1 Å². The summed E-state index contributed by atoms with van der Waals surface area (Å²) in [5, 5.41) is 8.38. The second kappa shape index (κ2) is 5.31. The number of hydrogen-bond acceptors (Lipinski definition) is 5. The van der Waals surface area contributed by atoms with Gasteiger partial charge in [-0.25, -0.2) is 4.79 Å². The summed E-state index contributed by atoms with van der Waals surface area (Å²) >= 11 is 0. The van der Waals surface area contributed by atoms with Crippen molar-refractivity contribution in [2.24, 2.45) is 0 Å². The molecular weight excluding hydrogens is 286 g/mol. The summed E-state index contributed by atoms with van der Waals surface area (Å²) in [6.45, 7) is 1.67. The van der Waals surface area contributed by atoms with Gasteiger partial charge in [0.15, 0.2) is 5.82 Å². The van der Waals surface area contributed by atoms with Crippen molar-refractivity contribution in [1.82, 2.24) is 5.16 Å². The van der Waals surface area contributed by atoms with Crippen LogP contribution in [0.2, 0.25) is 0 Å². The van der Waals surface area contributed by atoms with Gasteiger partial charge < -0.3 is 9.84 Å². The normalized spacial score (nSPS) is 11.1. The number of hydrogen-bond donors (Lipinski definition) is 3. The van der Waals surface area contributed by atoms with Crippen LogP contribution in [0.5, 0.6) is 0 Å². The van der Waals surface area contributed by atoms with E-state index in [4.69, 9.17) is 9.08 Å². The number of nitrogens with zero attached hydrogens (tertiary/aromatic N) is 1. The highest BCUT2D eigenvalue weighted by molar-refractivity contribution is 7.85. The van der Waals surface area contributed by atoms with Crippen LogP contribution in [-0.4, -0.2) is 24.2 Å². The van der Waals surface area contributed by atoms with Crippen LogP contribution in [0.1, 0.15) is 5.76 Å². The molecule has 0 saturated heterocycles. The van der Waals surface area contributed by atoms with Gasteiger partial charge in [-0.1, -0.05) is 11.2 Å². The largest absolute Gasteiger partial charge is 0.360 e. The minimum Gasteiger partial charge on any atom is -0.360 e. The van der Waals surface area contributed by atoms with Crippen molar-refractivity contribution in [3.63, 3.8) is 0 Å². The fraction of sp³-hybridized carbons (Fsp3) is 0.0909. The molecule has 0 unspecified atom stereocenters. The molecule has 0 fully saturated rings. The standard InChI is InChI=1S/C11H11N3O5S/c1-7-5-10(14-19-7)13-11(15)12-8-3-2-4-9(6-8)20(16,17)18/h2-6H,1H3,(H,16,17,18)(H2,12,13,14,15). The molecule has 2 rings (SSSR count). The number of carbonyl (C=O) groups excluding carboxylic acids is 1. The fourth-order valence-electron chi connectivity index (χ4n) is 1.44. The Morgan fingerprint density at radius 2 is 2.05 bits per heavy atom. The Morgan fingerprint density at radius 3 is 2.65 bits per heavy atom. The van der Waals surface area contributed by atoms with Crippen molar-refractivity contribution in [3.05, 3.63) is 36.1 Å². The van der Waals surface area contributed by atoms with E-state index in [1.54, 1.807) is 6.92 Å². The molecule has 1 aromatic carbocycles. The predicted molar refractivity (Wildman–Crippen MR) is 70.1 cm³/mol. The molecular formula is C11H11N3O5S. The molecule has 0 aliphatic heterocycles. The molecule has 0 spiro atoms. The highest BCUT2D eigenvalue weighted by Gasteiger charge is 2.11. The minimum absolute atomic E-state index is 0.206. The van der Waals surface area contributed by atoms with E-state index in [9.17, 15) is 13.2 Å². The van der Waals surface area contributed by atoms with Crippen LogP contribution < -0.4 is 10.6 Å². The number of amides is 2. The first kappa shape index (κ1) is 14.0. The summed E-state index contributed by atoms with van der Waals surface area (Å²) in [5.41, 5.74) is 0.206. The molecule has 0 aliphatic carbocycles. The molecule has 8 nitrogen and oxygen atoms in total.